The lowest BCUT2D eigenvalue weighted by Crippen LogP contribution is -1.94. The lowest BCUT2D eigenvalue weighted by Gasteiger charge is -2.05. The second kappa shape index (κ2) is 4.72. The molecule has 0 aliphatic heterocycles. The van der Waals surface area contributed by atoms with Crippen LogP contribution in [-0.4, -0.2) is 5.11 Å². The largest absolute Gasteiger partial charge is 0.392 e. The lowest BCUT2D eigenvalue weighted by molar-refractivity contribution is 0.275. The average Bonchev–Trinajstić information content (AvgIpc) is 2.04. The van der Waals surface area contributed by atoms with E-state index in [0.29, 0.717) is 10.0 Å². The molecule has 13 heavy (non-hydrogen) atoms. The van der Waals surface area contributed by atoms with Crippen LogP contribution < -0.4 is 0 Å². The fourth-order valence-electron chi connectivity index (χ4n) is 1.24. The Hall–Kier alpha value is -0.410. The summed E-state index contributed by atoms with van der Waals surface area (Å²) in [5.41, 5.74) is 1.30. The van der Waals surface area contributed by atoms with E-state index in [1.54, 1.807) is 0 Å². The first-order chi connectivity index (χ1) is 6.19. The molecule has 0 amide bonds. The molecule has 0 aliphatic rings. The quantitative estimate of drug-likeness (QED) is 0.870. The predicted octanol–water partition coefficient (Wildman–Crippen LogP) is 3.03. The highest BCUT2D eigenvalue weighted by atomic mass is 79.9. The van der Waals surface area contributed by atoms with Gasteiger partial charge < -0.3 is 5.11 Å². The molecule has 72 valence electrons. The summed E-state index contributed by atoms with van der Waals surface area (Å²) >= 11 is 3.23. The molecule has 1 aromatic carbocycles. The molecule has 1 N–H and O–H groups in total. The molecule has 0 heterocycles. The first kappa shape index (κ1) is 10.7. The zero-order chi connectivity index (χ0) is 9.84. The molecule has 0 aliphatic carbocycles. The third-order valence-electron chi connectivity index (χ3n) is 1.90. The summed E-state index contributed by atoms with van der Waals surface area (Å²) in [6.07, 6.45) is 1.85. The highest BCUT2D eigenvalue weighted by Gasteiger charge is 2.07. The van der Waals surface area contributed by atoms with E-state index >= 15 is 0 Å². The average molecular weight is 247 g/mol. The number of aryl methyl sites for hydroxylation is 1. The smallest absolute Gasteiger partial charge is 0.130 e. The van der Waals surface area contributed by atoms with Crippen LogP contribution in [0.25, 0.3) is 0 Å². The fourth-order valence-corrected chi connectivity index (χ4v) is 1.85. The highest BCUT2D eigenvalue weighted by Crippen LogP contribution is 2.22. The van der Waals surface area contributed by atoms with Gasteiger partial charge in [-0.05, 0) is 24.1 Å². The van der Waals surface area contributed by atoms with Crippen molar-refractivity contribution in [2.75, 3.05) is 0 Å². The Bertz CT molecular complexity index is 276. The molecule has 0 saturated heterocycles. The van der Waals surface area contributed by atoms with Gasteiger partial charge in [-0.15, -0.1) is 0 Å². The predicted molar refractivity (Wildman–Crippen MR) is 54.0 cm³/mol. The zero-order valence-electron chi connectivity index (χ0n) is 7.48. The van der Waals surface area contributed by atoms with E-state index in [-0.39, 0.29) is 12.4 Å². The van der Waals surface area contributed by atoms with Crippen molar-refractivity contribution in [1.82, 2.24) is 0 Å². The number of aliphatic hydroxyl groups is 1. The lowest BCUT2D eigenvalue weighted by atomic mass is 10.1. The second-order valence-corrected chi connectivity index (χ2v) is 3.80. The summed E-state index contributed by atoms with van der Waals surface area (Å²) < 4.78 is 13.9. The minimum absolute atomic E-state index is 0.265. The van der Waals surface area contributed by atoms with Crippen LogP contribution >= 0.6 is 15.9 Å². The van der Waals surface area contributed by atoms with Gasteiger partial charge in [0.25, 0.3) is 0 Å². The summed E-state index contributed by atoms with van der Waals surface area (Å²) in [7, 11) is 0. The molecule has 3 heteroatoms. The Labute approximate surface area is 85.7 Å². The zero-order valence-corrected chi connectivity index (χ0v) is 9.07. The number of hydrogen-bond donors (Lipinski definition) is 1. The molecule has 0 unspecified atom stereocenters. The Morgan fingerprint density at radius 1 is 1.46 bits per heavy atom. The van der Waals surface area contributed by atoms with Crippen LogP contribution in [0.4, 0.5) is 4.39 Å². The molecule has 0 spiro atoms. The van der Waals surface area contributed by atoms with Gasteiger partial charge in [-0.25, -0.2) is 4.39 Å². The number of benzene rings is 1. The molecule has 0 saturated carbocycles. The minimum Gasteiger partial charge on any atom is -0.392 e. The SMILES string of the molecule is CCCc1cc(F)c(CO)c(Br)c1. The maximum Gasteiger partial charge on any atom is 0.130 e. The van der Waals surface area contributed by atoms with E-state index in [1.165, 1.54) is 6.07 Å². The van der Waals surface area contributed by atoms with Crippen molar-refractivity contribution < 1.29 is 9.50 Å². The number of aliphatic hydroxyl groups excluding tert-OH is 1. The molecule has 0 atom stereocenters. The van der Waals surface area contributed by atoms with Crippen molar-refractivity contribution in [1.29, 1.82) is 0 Å². The third kappa shape index (κ3) is 2.51. The summed E-state index contributed by atoms with van der Waals surface area (Å²) in [5.74, 6) is -0.333. The normalized spacial score (nSPS) is 10.5. The standard InChI is InChI=1S/C10H12BrFO/c1-2-3-7-4-9(11)8(6-13)10(12)5-7/h4-5,13H,2-3,6H2,1H3. The van der Waals surface area contributed by atoms with Gasteiger partial charge in [0.15, 0.2) is 0 Å². The van der Waals surface area contributed by atoms with Crippen LogP contribution in [0, 0.1) is 5.82 Å². The van der Waals surface area contributed by atoms with Gasteiger partial charge in [-0.3, -0.25) is 0 Å². The van der Waals surface area contributed by atoms with Gasteiger partial charge in [-0.1, -0.05) is 29.3 Å². The summed E-state index contributed by atoms with van der Waals surface area (Å²) in [6.45, 7) is 1.78. The first-order valence-corrected chi connectivity index (χ1v) is 5.06. The number of rotatable bonds is 3. The van der Waals surface area contributed by atoms with E-state index in [1.807, 2.05) is 13.0 Å². The maximum atomic E-state index is 13.2. The van der Waals surface area contributed by atoms with Crippen LogP contribution in [-0.2, 0) is 13.0 Å². The molecule has 1 nitrogen and oxygen atoms in total. The Kier molecular flexibility index (Phi) is 3.88. The molecule has 1 rings (SSSR count). The van der Waals surface area contributed by atoms with E-state index in [0.717, 1.165) is 18.4 Å². The van der Waals surface area contributed by atoms with E-state index in [4.69, 9.17) is 5.11 Å². The van der Waals surface area contributed by atoms with E-state index in [2.05, 4.69) is 15.9 Å². The minimum atomic E-state index is -0.333. The van der Waals surface area contributed by atoms with Crippen LogP contribution in [0.2, 0.25) is 0 Å². The summed E-state index contributed by atoms with van der Waals surface area (Å²) in [6, 6.07) is 3.35. The molecular weight excluding hydrogens is 235 g/mol. The molecular formula is C10H12BrFO. The van der Waals surface area contributed by atoms with Crippen molar-refractivity contribution in [3.05, 3.63) is 33.5 Å². The van der Waals surface area contributed by atoms with Crippen molar-refractivity contribution >= 4 is 15.9 Å². The van der Waals surface area contributed by atoms with E-state index in [9.17, 15) is 4.39 Å². The van der Waals surface area contributed by atoms with Crippen LogP contribution in [0.3, 0.4) is 0 Å². The van der Waals surface area contributed by atoms with Gasteiger partial charge in [0.2, 0.25) is 0 Å². The highest BCUT2D eigenvalue weighted by molar-refractivity contribution is 9.10. The maximum absolute atomic E-state index is 13.2. The number of hydrogen-bond acceptors (Lipinski definition) is 1. The number of halogens is 2. The first-order valence-electron chi connectivity index (χ1n) is 4.26. The molecule has 0 aromatic heterocycles. The Morgan fingerprint density at radius 2 is 2.15 bits per heavy atom. The van der Waals surface area contributed by atoms with Gasteiger partial charge >= 0.3 is 0 Å². The fraction of sp³-hybridized carbons (Fsp3) is 0.400. The second-order valence-electron chi connectivity index (χ2n) is 2.95. The molecule has 0 fully saturated rings. The summed E-state index contributed by atoms with van der Waals surface area (Å²) in [4.78, 5) is 0. The van der Waals surface area contributed by atoms with Crippen molar-refractivity contribution in [3.8, 4) is 0 Å². The van der Waals surface area contributed by atoms with Gasteiger partial charge in [-0.2, -0.15) is 0 Å². The van der Waals surface area contributed by atoms with Crippen LogP contribution in [0.1, 0.15) is 24.5 Å². The van der Waals surface area contributed by atoms with Gasteiger partial charge in [0.05, 0.1) is 6.61 Å². The molecule has 0 radical (unpaired) electrons. The van der Waals surface area contributed by atoms with Gasteiger partial charge in [0.1, 0.15) is 5.82 Å². The summed E-state index contributed by atoms with van der Waals surface area (Å²) in [5, 5.41) is 8.85. The van der Waals surface area contributed by atoms with Gasteiger partial charge in [0, 0.05) is 10.0 Å². The van der Waals surface area contributed by atoms with Crippen molar-refractivity contribution in [2.45, 2.75) is 26.4 Å². The Balaban J connectivity index is 3.05. The Morgan fingerprint density at radius 3 is 2.62 bits per heavy atom. The molecule has 0 bridgehead atoms. The van der Waals surface area contributed by atoms with Crippen LogP contribution in [0.15, 0.2) is 16.6 Å². The monoisotopic (exact) mass is 246 g/mol. The topological polar surface area (TPSA) is 20.2 Å². The molecule has 1 aromatic rings. The van der Waals surface area contributed by atoms with Crippen molar-refractivity contribution in [2.24, 2.45) is 0 Å². The third-order valence-corrected chi connectivity index (χ3v) is 2.61. The van der Waals surface area contributed by atoms with Crippen molar-refractivity contribution in [3.63, 3.8) is 0 Å². The van der Waals surface area contributed by atoms with Crippen LogP contribution in [0.5, 0.6) is 0 Å². The van der Waals surface area contributed by atoms with E-state index < -0.39 is 0 Å².